The van der Waals surface area contributed by atoms with Crippen molar-refractivity contribution in [3.05, 3.63) is 101 Å². The number of benzene rings is 2. The topological polar surface area (TPSA) is 83.8 Å². The molecule has 2 aromatic carbocycles. The van der Waals surface area contributed by atoms with E-state index in [1.165, 1.54) is 4.90 Å². The summed E-state index contributed by atoms with van der Waals surface area (Å²) in [6.45, 7) is 6.85. The molecule has 0 aliphatic carbocycles. The first kappa shape index (κ1) is 23.2. The molecule has 1 fully saturated rings. The summed E-state index contributed by atoms with van der Waals surface area (Å²) in [7, 11) is 0. The number of ether oxygens (including phenoxy) is 1. The van der Waals surface area contributed by atoms with Crippen LogP contribution in [0.5, 0.6) is 5.75 Å². The van der Waals surface area contributed by atoms with E-state index in [1.54, 1.807) is 36.7 Å². The predicted octanol–water partition coefficient (Wildman–Crippen LogP) is 3.27. The molecule has 6 heteroatoms. The van der Waals surface area contributed by atoms with Gasteiger partial charge in [0.2, 0.25) is 5.78 Å². The van der Waals surface area contributed by atoms with Crippen molar-refractivity contribution in [3.63, 3.8) is 0 Å². The summed E-state index contributed by atoms with van der Waals surface area (Å²) in [4.78, 5) is 30.7. The first-order valence-electron chi connectivity index (χ1n) is 11.4. The van der Waals surface area contributed by atoms with Crippen molar-refractivity contribution in [2.45, 2.75) is 33.4 Å². The summed E-state index contributed by atoms with van der Waals surface area (Å²) >= 11 is 0. The predicted molar refractivity (Wildman–Crippen MR) is 126 cm³/mol. The fraction of sp³-hybridized carbons (Fsp3) is 0.250. The number of hydrogen-bond acceptors (Lipinski definition) is 4. The zero-order valence-electron chi connectivity index (χ0n) is 19.6. The molecule has 4 rings (SSSR count). The first-order chi connectivity index (χ1) is 16.3. The summed E-state index contributed by atoms with van der Waals surface area (Å²) in [6, 6.07) is 17.2. The average Bonchev–Trinajstić information content (AvgIpc) is 3.08. The molecule has 1 aromatic heterocycles. The minimum absolute atomic E-state index is 0.0235. The fourth-order valence-corrected chi connectivity index (χ4v) is 3.98. The number of nitrogens with zero attached hydrogens (tertiary/aromatic N) is 1. The number of H-pyrrole nitrogens is 1. The molecule has 0 saturated carbocycles. The maximum absolute atomic E-state index is 13.5. The van der Waals surface area contributed by atoms with E-state index in [9.17, 15) is 14.7 Å². The van der Waals surface area contributed by atoms with Gasteiger partial charge in [-0.15, -0.1) is 0 Å². The van der Waals surface area contributed by atoms with Gasteiger partial charge in [0, 0.05) is 17.2 Å². The number of pyridine rings is 1. The zero-order chi connectivity index (χ0) is 24.2. The Morgan fingerprint density at radius 2 is 1.76 bits per heavy atom. The zero-order valence-corrected chi connectivity index (χ0v) is 19.6. The van der Waals surface area contributed by atoms with E-state index in [4.69, 9.17) is 4.74 Å². The number of hydrogen-bond donors (Lipinski definition) is 0. The molecule has 1 unspecified atom stereocenters. The number of rotatable bonds is 7. The maximum Gasteiger partial charge on any atom is 0.295 e. The highest BCUT2D eigenvalue weighted by Crippen LogP contribution is 2.39. The molecule has 1 amide bonds. The van der Waals surface area contributed by atoms with Gasteiger partial charge in [0.15, 0.2) is 12.4 Å². The molecule has 1 N–H and O–H groups in total. The van der Waals surface area contributed by atoms with Crippen molar-refractivity contribution in [2.75, 3.05) is 6.61 Å². The molecular weight excluding hydrogens is 428 g/mol. The van der Waals surface area contributed by atoms with Crippen LogP contribution in [0.4, 0.5) is 0 Å². The summed E-state index contributed by atoms with van der Waals surface area (Å²) in [6.07, 6.45) is 3.55. The molecule has 174 valence electrons. The number of aromatic nitrogens is 1. The third-order valence-corrected chi connectivity index (χ3v) is 5.75. The smallest absolute Gasteiger partial charge is 0.295 e. The number of carbonyl (C=O) groups is 2. The Kier molecular flexibility index (Phi) is 6.77. The van der Waals surface area contributed by atoms with Gasteiger partial charge in [-0.2, -0.15) is 0 Å². The lowest BCUT2D eigenvalue weighted by Crippen LogP contribution is -2.29. The number of nitrogens with one attached hydrogen (secondary N) is 1. The van der Waals surface area contributed by atoms with Crippen LogP contribution in [0.1, 0.15) is 42.1 Å². The van der Waals surface area contributed by atoms with Crippen LogP contribution in [0.2, 0.25) is 0 Å². The molecule has 1 aliphatic heterocycles. The van der Waals surface area contributed by atoms with Gasteiger partial charge in [-0.05, 0) is 42.2 Å². The van der Waals surface area contributed by atoms with Crippen LogP contribution in [0.15, 0.2) is 78.6 Å². The molecule has 2 heterocycles. The Bertz CT molecular complexity index is 1200. The van der Waals surface area contributed by atoms with Crippen molar-refractivity contribution in [2.24, 2.45) is 5.92 Å². The van der Waals surface area contributed by atoms with Crippen molar-refractivity contribution in [1.29, 1.82) is 0 Å². The summed E-state index contributed by atoms with van der Waals surface area (Å²) < 4.78 is 5.70. The lowest BCUT2D eigenvalue weighted by atomic mass is 9.94. The van der Waals surface area contributed by atoms with Gasteiger partial charge in [-0.25, -0.2) is 4.98 Å². The van der Waals surface area contributed by atoms with Crippen molar-refractivity contribution in [3.8, 4) is 5.75 Å². The van der Waals surface area contributed by atoms with Crippen LogP contribution in [0, 0.1) is 12.8 Å². The number of Topliss-reactive ketones (excluding diaryl/α,β-unsaturated/α-hetero) is 1. The Hall–Kier alpha value is -3.93. The molecule has 34 heavy (non-hydrogen) atoms. The molecular formula is C28H28N2O4. The molecule has 0 bridgehead atoms. The van der Waals surface area contributed by atoms with Crippen molar-refractivity contribution >= 4 is 17.4 Å². The lowest BCUT2D eigenvalue weighted by molar-refractivity contribution is -0.378. The minimum Gasteiger partial charge on any atom is -0.872 e. The van der Waals surface area contributed by atoms with Crippen LogP contribution in [0.25, 0.3) is 5.76 Å². The van der Waals surface area contributed by atoms with Crippen LogP contribution in [-0.2, 0) is 16.1 Å². The lowest BCUT2D eigenvalue weighted by Gasteiger charge is -2.27. The second-order valence-electron chi connectivity index (χ2n) is 8.96. The van der Waals surface area contributed by atoms with Crippen LogP contribution in [-0.4, -0.2) is 23.2 Å². The summed E-state index contributed by atoms with van der Waals surface area (Å²) in [5.41, 5.74) is 2.93. The third kappa shape index (κ3) is 4.86. The Balaban J connectivity index is 1.75. The normalized spacial score (nSPS) is 17.4. The van der Waals surface area contributed by atoms with E-state index >= 15 is 0 Å². The van der Waals surface area contributed by atoms with Crippen LogP contribution in [0.3, 0.4) is 0 Å². The number of aromatic amines is 1. The average molecular weight is 457 g/mol. The number of aryl methyl sites for hydroxylation is 1. The second kappa shape index (κ2) is 9.91. The molecule has 1 aliphatic rings. The fourth-order valence-electron chi connectivity index (χ4n) is 3.98. The molecule has 0 radical (unpaired) electrons. The van der Waals surface area contributed by atoms with Crippen LogP contribution < -0.4 is 14.8 Å². The van der Waals surface area contributed by atoms with E-state index in [2.05, 4.69) is 18.8 Å². The molecule has 3 aromatic rings. The van der Waals surface area contributed by atoms with Gasteiger partial charge in [0.1, 0.15) is 5.75 Å². The summed E-state index contributed by atoms with van der Waals surface area (Å²) in [5, 5.41) is 13.5. The van der Waals surface area contributed by atoms with Gasteiger partial charge in [-0.1, -0.05) is 61.6 Å². The van der Waals surface area contributed by atoms with E-state index in [-0.39, 0.29) is 12.1 Å². The quantitative estimate of drug-likeness (QED) is 0.310. The SMILES string of the molecule is Cc1ccc(C2/C(=C(\[O-])c3ccc(OCC(C)C)cc3)C(=O)C(=O)N2Cc2ccc[nH+]c2)cc1. The van der Waals surface area contributed by atoms with Crippen molar-refractivity contribution in [1.82, 2.24) is 4.90 Å². The second-order valence-corrected chi connectivity index (χ2v) is 8.96. The van der Waals surface area contributed by atoms with Gasteiger partial charge < -0.3 is 14.7 Å². The van der Waals surface area contributed by atoms with E-state index < -0.39 is 23.5 Å². The molecule has 6 nitrogen and oxygen atoms in total. The first-order valence-corrected chi connectivity index (χ1v) is 11.4. The molecule has 1 saturated heterocycles. The Morgan fingerprint density at radius 1 is 1.06 bits per heavy atom. The van der Waals surface area contributed by atoms with Gasteiger partial charge in [-0.3, -0.25) is 9.59 Å². The van der Waals surface area contributed by atoms with Crippen LogP contribution >= 0.6 is 0 Å². The standard InChI is InChI=1S/C28H28N2O4/c1-18(2)17-34-23-12-10-22(11-13-23)26(31)24-25(21-8-6-19(3)7-9-21)30(28(33)27(24)32)16-20-5-4-14-29-15-20/h4-15,18,25,31H,16-17H2,1-3H3/b26-24+. The third-order valence-electron chi connectivity index (χ3n) is 5.75. The number of ketones is 1. The Morgan fingerprint density at radius 3 is 2.38 bits per heavy atom. The van der Waals surface area contributed by atoms with Gasteiger partial charge in [0.25, 0.3) is 5.91 Å². The number of amides is 1. The monoisotopic (exact) mass is 456 g/mol. The van der Waals surface area contributed by atoms with E-state index in [1.807, 2.05) is 43.3 Å². The van der Waals surface area contributed by atoms with E-state index in [0.717, 1.165) is 16.7 Å². The number of likely N-dealkylation sites (tertiary alicyclic amines) is 1. The highest BCUT2D eigenvalue weighted by Gasteiger charge is 2.44. The molecule has 0 spiro atoms. The Labute approximate surface area is 199 Å². The highest BCUT2D eigenvalue weighted by molar-refractivity contribution is 6.46. The maximum atomic E-state index is 13.5. The number of carbonyl (C=O) groups excluding carboxylic acids is 2. The van der Waals surface area contributed by atoms with Gasteiger partial charge in [0.05, 0.1) is 19.2 Å². The minimum atomic E-state index is -0.759. The highest BCUT2D eigenvalue weighted by atomic mass is 16.5. The van der Waals surface area contributed by atoms with Crippen molar-refractivity contribution < 1.29 is 24.4 Å². The van der Waals surface area contributed by atoms with E-state index in [0.29, 0.717) is 23.8 Å². The largest absolute Gasteiger partial charge is 0.872 e. The van der Waals surface area contributed by atoms with Gasteiger partial charge >= 0.3 is 0 Å². The summed E-state index contributed by atoms with van der Waals surface area (Å²) in [5.74, 6) is -0.838. The molecule has 1 atom stereocenters.